The monoisotopic (exact) mass is 309 g/mol. The summed E-state index contributed by atoms with van der Waals surface area (Å²) in [6.07, 6.45) is 4.02. The summed E-state index contributed by atoms with van der Waals surface area (Å²) in [5.41, 5.74) is 2.30. The van der Waals surface area contributed by atoms with Crippen molar-refractivity contribution in [2.24, 2.45) is 0 Å². The summed E-state index contributed by atoms with van der Waals surface area (Å²) in [4.78, 5) is 2.10. The van der Waals surface area contributed by atoms with Gasteiger partial charge >= 0.3 is 0 Å². The molecule has 1 heterocycles. The zero-order valence-corrected chi connectivity index (χ0v) is 13.6. The quantitative estimate of drug-likeness (QED) is 0.827. The van der Waals surface area contributed by atoms with Crippen molar-refractivity contribution in [2.75, 3.05) is 12.8 Å². The molecule has 1 aromatic rings. The molecule has 1 aliphatic heterocycles. The Balaban J connectivity index is 2.01. The molecule has 108 valence electrons. The summed E-state index contributed by atoms with van der Waals surface area (Å²) in [6.45, 7) is 4.26. The summed E-state index contributed by atoms with van der Waals surface area (Å²) in [6, 6.07) is 7.84. The molecular weight excluding hydrogens is 290 g/mol. The van der Waals surface area contributed by atoms with Gasteiger partial charge in [0.2, 0.25) is 0 Å². The number of halogens is 1. The zero-order valence-electron chi connectivity index (χ0n) is 12.0. The lowest BCUT2D eigenvalue weighted by Crippen LogP contribution is -2.34. The lowest BCUT2D eigenvalue weighted by molar-refractivity contribution is 0.380. The molecular formula is C16H20ClNOS. The van der Waals surface area contributed by atoms with Gasteiger partial charge in [-0.15, -0.1) is 0 Å². The second kappa shape index (κ2) is 6.59. The topological polar surface area (TPSA) is 23.5 Å². The first-order chi connectivity index (χ1) is 9.50. The second-order valence-corrected chi connectivity index (χ2v) is 6.82. The maximum atomic E-state index is 9.90. The van der Waals surface area contributed by atoms with Crippen LogP contribution >= 0.6 is 23.4 Å². The van der Waals surface area contributed by atoms with Gasteiger partial charge in [-0.3, -0.25) is 0 Å². The van der Waals surface area contributed by atoms with Crippen molar-refractivity contribution in [2.45, 2.75) is 25.1 Å². The number of thioether (sulfide) groups is 1. The Morgan fingerprint density at radius 3 is 2.75 bits per heavy atom. The van der Waals surface area contributed by atoms with Gasteiger partial charge in [-0.2, -0.15) is 11.8 Å². The second-order valence-electron chi connectivity index (χ2n) is 5.06. The Bertz CT molecular complexity index is 541. The van der Waals surface area contributed by atoms with Crippen LogP contribution in [0.3, 0.4) is 0 Å². The van der Waals surface area contributed by atoms with Crippen molar-refractivity contribution >= 4 is 23.4 Å². The molecule has 1 N–H and O–H groups in total. The molecule has 20 heavy (non-hydrogen) atoms. The van der Waals surface area contributed by atoms with Crippen molar-refractivity contribution in [3.8, 4) is 5.75 Å². The predicted molar refractivity (Wildman–Crippen MR) is 88.2 cm³/mol. The molecule has 1 aromatic carbocycles. The number of benzene rings is 1. The van der Waals surface area contributed by atoms with Gasteiger partial charge < -0.3 is 10.0 Å². The van der Waals surface area contributed by atoms with E-state index in [-0.39, 0.29) is 5.25 Å². The van der Waals surface area contributed by atoms with E-state index in [0.29, 0.717) is 11.8 Å². The predicted octanol–water partition coefficient (Wildman–Crippen LogP) is 4.53. The van der Waals surface area contributed by atoms with Crippen LogP contribution in [0.1, 0.15) is 24.7 Å². The van der Waals surface area contributed by atoms with Crippen LogP contribution in [0.15, 0.2) is 47.1 Å². The number of phenolic OH excluding ortho intramolecular Hbond substituents is 1. The number of nitrogens with zero attached hydrogens (tertiary/aromatic N) is 1. The molecule has 0 fully saturated rings. The van der Waals surface area contributed by atoms with Crippen molar-refractivity contribution in [1.82, 2.24) is 4.90 Å². The van der Waals surface area contributed by atoms with Crippen LogP contribution < -0.4 is 0 Å². The van der Waals surface area contributed by atoms with E-state index in [1.54, 1.807) is 6.07 Å². The average molecular weight is 310 g/mol. The van der Waals surface area contributed by atoms with E-state index in [1.165, 1.54) is 5.57 Å². The van der Waals surface area contributed by atoms with E-state index >= 15 is 0 Å². The minimum atomic E-state index is 0.252. The highest BCUT2D eigenvalue weighted by Crippen LogP contribution is 2.36. The molecule has 2 unspecified atom stereocenters. The number of likely N-dealkylation sites (N-methyl/N-ethyl adjacent to an activating group) is 1. The fourth-order valence-corrected chi connectivity index (χ4v) is 3.80. The summed E-state index contributed by atoms with van der Waals surface area (Å²) >= 11 is 8.01. The molecule has 0 spiro atoms. The highest BCUT2D eigenvalue weighted by molar-refractivity contribution is 7.99. The van der Waals surface area contributed by atoms with Gasteiger partial charge in [0.25, 0.3) is 0 Å². The lowest BCUT2D eigenvalue weighted by Gasteiger charge is -2.33. The molecule has 0 radical (unpaired) electrons. The summed E-state index contributed by atoms with van der Waals surface area (Å²) in [5.74, 6) is 1.31. The van der Waals surface area contributed by atoms with Gasteiger partial charge in [-0.1, -0.05) is 41.4 Å². The van der Waals surface area contributed by atoms with Crippen LogP contribution in [0.2, 0.25) is 0 Å². The third kappa shape index (κ3) is 3.33. The van der Waals surface area contributed by atoms with Gasteiger partial charge in [-0.05, 0) is 26.0 Å². The summed E-state index contributed by atoms with van der Waals surface area (Å²) in [5, 5.41) is 10.9. The van der Waals surface area contributed by atoms with Gasteiger partial charge in [0.15, 0.2) is 0 Å². The Morgan fingerprint density at radius 1 is 1.35 bits per heavy atom. The van der Waals surface area contributed by atoms with Crippen LogP contribution in [0.25, 0.3) is 0 Å². The van der Waals surface area contributed by atoms with E-state index < -0.39 is 0 Å². The Labute approximate surface area is 130 Å². The van der Waals surface area contributed by atoms with Crippen LogP contribution in [-0.4, -0.2) is 28.8 Å². The number of aromatic hydroxyl groups is 1. The minimum absolute atomic E-state index is 0.252. The van der Waals surface area contributed by atoms with Crippen LogP contribution in [0.5, 0.6) is 5.75 Å². The Hall–Kier alpha value is -1.06. The molecule has 0 amide bonds. The van der Waals surface area contributed by atoms with E-state index in [4.69, 9.17) is 11.6 Å². The largest absolute Gasteiger partial charge is 0.508 e. The third-order valence-electron chi connectivity index (χ3n) is 3.69. The molecule has 2 nitrogen and oxygen atoms in total. The smallest absolute Gasteiger partial charge is 0.119 e. The van der Waals surface area contributed by atoms with E-state index in [0.717, 1.165) is 16.5 Å². The summed E-state index contributed by atoms with van der Waals surface area (Å²) in [7, 11) is 2.02. The fraction of sp³-hybridized carbons (Fsp3) is 0.375. The van der Waals surface area contributed by atoms with E-state index in [9.17, 15) is 5.11 Å². The van der Waals surface area contributed by atoms with Crippen molar-refractivity contribution in [1.29, 1.82) is 0 Å². The number of phenols is 1. The Morgan fingerprint density at radius 2 is 2.05 bits per heavy atom. The van der Waals surface area contributed by atoms with Gasteiger partial charge in [0.1, 0.15) is 10.9 Å². The van der Waals surface area contributed by atoms with Crippen LogP contribution in [0, 0.1) is 0 Å². The first-order valence-electron chi connectivity index (χ1n) is 6.67. The molecule has 0 aromatic heterocycles. The first kappa shape index (κ1) is 15.3. The molecule has 0 saturated heterocycles. The SMILES string of the molecule is CC1=CC=C(Cl)N(C)C1CSC(C)c1ccccc1O. The number of allylic oxidation sites excluding steroid dienone is 2. The van der Waals surface area contributed by atoms with E-state index in [1.807, 2.05) is 43.1 Å². The highest BCUT2D eigenvalue weighted by Gasteiger charge is 2.22. The fourth-order valence-electron chi connectivity index (χ4n) is 2.28. The number of hydrogen-bond donors (Lipinski definition) is 1. The minimum Gasteiger partial charge on any atom is -0.508 e. The normalized spacial score (nSPS) is 20.4. The molecule has 0 saturated carbocycles. The first-order valence-corrected chi connectivity index (χ1v) is 8.09. The van der Waals surface area contributed by atoms with Crippen LogP contribution in [-0.2, 0) is 0 Å². The molecule has 0 aliphatic carbocycles. The molecule has 1 aliphatic rings. The molecule has 4 heteroatoms. The van der Waals surface area contributed by atoms with Crippen molar-refractivity contribution in [3.05, 3.63) is 52.7 Å². The maximum absolute atomic E-state index is 9.90. The van der Waals surface area contributed by atoms with Gasteiger partial charge in [0.05, 0.1) is 6.04 Å². The average Bonchev–Trinajstić information content (AvgIpc) is 2.43. The van der Waals surface area contributed by atoms with Crippen molar-refractivity contribution in [3.63, 3.8) is 0 Å². The number of hydrogen-bond acceptors (Lipinski definition) is 3. The molecule has 0 bridgehead atoms. The maximum Gasteiger partial charge on any atom is 0.119 e. The Kier molecular flexibility index (Phi) is 5.06. The standard InChI is InChI=1S/C16H20ClNOS/c1-11-8-9-16(17)18(3)14(11)10-20-12(2)13-6-4-5-7-15(13)19/h4-9,12,14,19H,10H2,1-3H3. The number of rotatable bonds is 4. The van der Waals surface area contributed by atoms with Gasteiger partial charge in [-0.25, -0.2) is 0 Å². The number of para-hydroxylation sites is 1. The highest BCUT2D eigenvalue weighted by atomic mass is 35.5. The molecule has 2 rings (SSSR count). The molecule has 2 atom stereocenters. The third-order valence-corrected chi connectivity index (χ3v) is 5.35. The summed E-state index contributed by atoms with van der Waals surface area (Å²) < 4.78 is 0. The van der Waals surface area contributed by atoms with Crippen LogP contribution in [0.4, 0.5) is 0 Å². The van der Waals surface area contributed by atoms with Gasteiger partial charge in [0, 0.05) is 23.6 Å². The van der Waals surface area contributed by atoms with Crippen molar-refractivity contribution < 1.29 is 5.11 Å². The van der Waals surface area contributed by atoms with E-state index in [2.05, 4.69) is 24.8 Å². The zero-order chi connectivity index (χ0) is 14.7. The lowest BCUT2D eigenvalue weighted by atomic mass is 10.1.